The van der Waals surface area contributed by atoms with Gasteiger partial charge in [-0.2, -0.15) is 0 Å². The number of carbonyl (C=O) groups excluding carboxylic acids is 1. The first-order valence-electron chi connectivity index (χ1n) is 8.94. The number of nitrogens with zero attached hydrogens (tertiary/aromatic N) is 5. The van der Waals surface area contributed by atoms with Crippen LogP contribution in [0.4, 0.5) is 0 Å². The first-order valence-corrected chi connectivity index (χ1v) is 10.8. The van der Waals surface area contributed by atoms with Gasteiger partial charge >= 0.3 is 0 Å². The summed E-state index contributed by atoms with van der Waals surface area (Å²) in [5.74, 6) is 0.798. The van der Waals surface area contributed by atoms with Gasteiger partial charge in [0.1, 0.15) is 5.69 Å². The minimum absolute atomic E-state index is 0.0262. The zero-order valence-electron chi connectivity index (χ0n) is 15.0. The number of pyridine rings is 1. The summed E-state index contributed by atoms with van der Waals surface area (Å²) in [5.41, 5.74) is 0.332. The van der Waals surface area contributed by atoms with Gasteiger partial charge in [0.2, 0.25) is 11.8 Å². The number of amides is 1. The Morgan fingerprint density at radius 3 is 2.67 bits per heavy atom. The summed E-state index contributed by atoms with van der Waals surface area (Å²) in [6, 6.07) is 4.46. The van der Waals surface area contributed by atoms with Crippen LogP contribution in [0.5, 0.6) is 0 Å². The quantitative estimate of drug-likeness (QED) is 0.724. The fraction of sp³-hybridized carbons (Fsp3) is 0.529. The van der Waals surface area contributed by atoms with Crippen LogP contribution in [0.25, 0.3) is 0 Å². The molecule has 144 valence electrons. The van der Waals surface area contributed by atoms with Crippen LogP contribution in [-0.2, 0) is 22.8 Å². The number of hydrogen-bond donors (Lipinski definition) is 0. The first-order chi connectivity index (χ1) is 13.0. The van der Waals surface area contributed by atoms with Crippen LogP contribution >= 0.6 is 0 Å². The lowest BCUT2D eigenvalue weighted by Gasteiger charge is -2.43. The van der Waals surface area contributed by atoms with E-state index < -0.39 is 15.9 Å². The second-order valence-electron chi connectivity index (χ2n) is 6.84. The normalized spacial score (nSPS) is 24.7. The lowest BCUT2D eigenvalue weighted by atomic mass is 10.0. The molecule has 2 fully saturated rings. The van der Waals surface area contributed by atoms with E-state index in [1.54, 1.807) is 29.3 Å². The molecule has 0 unspecified atom stereocenters. The molecule has 2 atom stereocenters. The molecule has 2 aliphatic rings. The standard InChI is InChI=1S/C17H21N5O4S/c1-2-15-19-20-16(26-15)9-21-7-8-22(14-11-27(24,25)10-13(14)21)17(23)12-5-3-4-6-18-12/h3-6,13-14H,2,7-11H2,1H3/t13-,14+/m0/s1. The first kappa shape index (κ1) is 18.1. The third kappa shape index (κ3) is 3.59. The van der Waals surface area contributed by atoms with Crippen molar-refractivity contribution >= 4 is 15.7 Å². The Balaban J connectivity index is 1.56. The zero-order chi connectivity index (χ0) is 19.0. The third-order valence-corrected chi connectivity index (χ3v) is 6.78. The predicted molar refractivity (Wildman–Crippen MR) is 95.6 cm³/mol. The van der Waals surface area contributed by atoms with E-state index in [9.17, 15) is 13.2 Å². The molecular formula is C17H21N5O4S. The summed E-state index contributed by atoms with van der Waals surface area (Å²) in [6.07, 6.45) is 2.22. The lowest BCUT2D eigenvalue weighted by Crippen LogP contribution is -2.60. The van der Waals surface area contributed by atoms with Crippen LogP contribution in [-0.4, -0.2) is 76.0 Å². The van der Waals surface area contributed by atoms with Crippen molar-refractivity contribution in [1.29, 1.82) is 0 Å². The van der Waals surface area contributed by atoms with Gasteiger partial charge in [-0.05, 0) is 12.1 Å². The number of fused-ring (bicyclic) bond motifs is 1. The van der Waals surface area contributed by atoms with E-state index in [4.69, 9.17) is 4.42 Å². The maximum atomic E-state index is 12.9. The van der Waals surface area contributed by atoms with Crippen molar-refractivity contribution in [3.63, 3.8) is 0 Å². The van der Waals surface area contributed by atoms with Crippen molar-refractivity contribution in [3.05, 3.63) is 41.9 Å². The number of rotatable bonds is 4. The molecule has 0 saturated carbocycles. The average Bonchev–Trinajstić information content (AvgIpc) is 3.25. The topological polar surface area (TPSA) is 110 Å². The van der Waals surface area contributed by atoms with Crippen molar-refractivity contribution in [1.82, 2.24) is 25.0 Å². The highest BCUT2D eigenvalue weighted by atomic mass is 32.2. The molecule has 0 N–H and O–H groups in total. The Kier molecular flexibility index (Phi) is 4.68. The Hall–Kier alpha value is -2.33. The monoisotopic (exact) mass is 391 g/mol. The highest BCUT2D eigenvalue weighted by Gasteiger charge is 2.48. The summed E-state index contributed by atoms with van der Waals surface area (Å²) < 4.78 is 30.2. The van der Waals surface area contributed by atoms with Gasteiger partial charge in [-0.25, -0.2) is 8.42 Å². The van der Waals surface area contributed by atoms with Gasteiger partial charge in [-0.1, -0.05) is 13.0 Å². The Morgan fingerprint density at radius 2 is 1.96 bits per heavy atom. The van der Waals surface area contributed by atoms with Gasteiger partial charge in [-0.15, -0.1) is 10.2 Å². The van der Waals surface area contributed by atoms with Crippen LogP contribution in [0.15, 0.2) is 28.8 Å². The van der Waals surface area contributed by atoms with Crippen molar-refractivity contribution < 1.29 is 17.6 Å². The second-order valence-corrected chi connectivity index (χ2v) is 8.99. The SMILES string of the molecule is CCc1nnc(CN2CCN(C(=O)c3ccccn3)[C@@H]3CS(=O)(=O)C[C@@H]32)o1. The van der Waals surface area contributed by atoms with Crippen molar-refractivity contribution in [2.75, 3.05) is 24.6 Å². The summed E-state index contributed by atoms with van der Waals surface area (Å²) in [4.78, 5) is 20.7. The summed E-state index contributed by atoms with van der Waals surface area (Å²) in [6.45, 7) is 3.29. The molecular weight excluding hydrogens is 370 g/mol. The van der Waals surface area contributed by atoms with Gasteiger partial charge in [0.15, 0.2) is 9.84 Å². The molecule has 0 bridgehead atoms. The predicted octanol–water partition coefficient (Wildman–Crippen LogP) is 0.151. The molecule has 0 aliphatic carbocycles. The Morgan fingerprint density at radius 1 is 1.19 bits per heavy atom. The molecule has 2 aromatic rings. The number of aromatic nitrogens is 3. The van der Waals surface area contributed by atoms with E-state index in [2.05, 4.69) is 15.2 Å². The molecule has 1 amide bonds. The summed E-state index contributed by atoms with van der Waals surface area (Å²) in [7, 11) is -3.22. The molecule has 4 heterocycles. The van der Waals surface area contributed by atoms with Crippen LogP contribution in [0.3, 0.4) is 0 Å². The van der Waals surface area contributed by atoms with E-state index in [1.165, 1.54) is 0 Å². The minimum Gasteiger partial charge on any atom is -0.424 e. The van der Waals surface area contributed by atoms with Gasteiger partial charge in [-0.3, -0.25) is 14.7 Å². The van der Waals surface area contributed by atoms with E-state index in [-0.39, 0.29) is 23.5 Å². The lowest BCUT2D eigenvalue weighted by molar-refractivity contribution is 0.0274. The van der Waals surface area contributed by atoms with Gasteiger partial charge in [0.25, 0.3) is 5.91 Å². The fourth-order valence-electron chi connectivity index (χ4n) is 3.78. The van der Waals surface area contributed by atoms with Crippen LogP contribution < -0.4 is 0 Å². The molecule has 2 aromatic heterocycles. The Bertz CT molecular complexity index is 930. The molecule has 0 aromatic carbocycles. The molecule has 4 rings (SSSR count). The highest BCUT2D eigenvalue weighted by Crippen LogP contribution is 2.29. The molecule has 0 spiro atoms. The molecule has 9 nitrogen and oxygen atoms in total. The smallest absolute Gasteiger partial charge is 0.272 e. The third-order valence-electron chi connectivity index (χ3n) is 5.09. The van der Waals surface area contributed by atoms with E-state index >= 15 is 0 Å². The number of aryl methyl sites for hydroxylation is 1. The number of piperazine rings is 1. The van der Waals surface area contributed by atoms with E-state index in [0.29, 0.717) is 43.5 Å². The maximum absolute atomic E-state index is 12.9. The van der Waals surface area contributed by atoms with Crippen molar-refractivity contribution in [3.8, 4) is 0 Å². The van der Waals surface area contributed by atoms with Gasteiger partial charge < -0.3 is 9.32 Å². The number of carbonyl (C=O) groups is 1. The number of sulfone groups is 1. The maximum Gasteiger partial charge on any atom is 0.272 e. The fourth-order valence-corrected chi connectivity index (χ4v) is 5.79. The minimum atomic E-state index is -3.22. The molecule has 10 heteroatoms. The van der Waals surface area contributed by atoms with Crippen molar-refractivity contribution in [2.24, 2.45) is 0 Å². The largest absolute Gasteiger partial charge is 0.424 e. The van der Waals surface area contributed by atoms with Crippen LogP contribution in [0, 0.1) is 0 Å². The van der Waals surface area contributed by atoms with Gasteiger partial charge in [0, 0.05) is 31.7 Å². The van der Waals surface area contributed by atoms with E-state index in [1.807, 2.05) is 11.8 Å². The molecule has 0 radical (unpaired) electrons. The zero-order valence-corrected chi connectivity index (χ0v) is 15.8. The average molecular weight is 391 g/mol. The summed E-state index contributed by atoms with van der Waals surface area (Å²) >= 11 is 0. The van der Waals surface area contributed by atoms with Crippen LogP contribution in [0.2, 0.25) is 0 Å². The summed E-state index contributed by atoms with van der Waals surface area (Å²) in [5, 5.41) is 8.00. The van der Waals surface area contributed by atoms with Crippen molar-refractivity contribution in [2.45, 2.75) is 32.0 Å². The molecule has 27 heavy (non-hydrogen) atoms. The molecule has 2 saturated heterocycles. The highest BCUT2D eigenvalue weighted by molar-refractivity contribution is 7.91. The molecule has 2 aliphatic heterocycles. The van der Waals surface area contributed by atoms with E-state index in [0.717, 1.165) is 0 Å². The number of hydrogen-bond acceptors (Lipinski definition) is 8. The van der Waals surface area contributed by atoms with Crippen LogP contribution in [0.1, 0.15) is 29.2 Å². The second kappa shape index (κ2) is 7.01. The van der Waals surface area contributed by atoms with Gasteiger partial charge in [0.05, 0.1) is 24.1 Å². The Labute approximate surface area is 157 Å².